The van der Waals surface area contributed by atoms with E-state index >= 15 is 0 Å². The Labute approximate surface area is 109 Å². The molecule has 1 atom stereocenters. The summed E-state index contributed by atoms with van der Waals surface area (Å²) in [6, 6.07) is 4.31. The Balaban J connectivity index is 2.08. The van der Waals surface area contributed by atoms with Crippen LogP contribution < -0.4 is 10.2 Å². The highest BCUT2D eigenvalue weighted by molar-refractivity contribution is 7.00. The maximum Gasteiger partial charge on any atom is 0.129 e. The van der Waals surface area contributed by atoms with Gasteiger partial charge in [0.15, 0.2) is 0 Å². The molecule has 6 heteroatoms. The summed E-state index contributed by atoms with van der Waals surface area (Å²) in [5.41, 5.74) is 2.89. The number of piperazine rings is 1. The molecule has 17 heavy (non-hydrogen) atoms. The van der Waals surface area contributed by atoms with Crippen molar-refractivity contribution in [2.45, 2.75) is 13.0 Å². The van der Waals surface area contributed by atoms with Crippen LogP contribution in [-0.4, -0.2) is 34.4 Å². The molecule has 1 N–H and O–H groups in total. The summed E-state index contributed by atoms with van der Waals surface area (Å²) in [7, 11) is 0. The van der Waals surface area contributed by atoms with Gasteiger partial charge >= 0.3 is 0 Å². The normalized spacial score (nSPS) is 21.1. The lowest BCUT2D eigenvalue weighted by molar-refractivity contribution is 0.485. The minimum atomic E-state index is 0.474. The molecule has 1 unspecified atom stereocenters. The molecule has 1 aromatic carbocycles. The first-order valence-corrected chi connectivity index (χ1v) is 6.75. The Morgan fingerprint density at radius 3 is 3.18 bits per heavy atom. The molecule has 1 fully saturated rings. The molecule has 0 radical (unpaired) electrons. The van der Waals surface area contributed by atoms with Gasteiger partial charge in [0.05, 0.1) is 22.4 Å². The molecule has 0 aliphatic carbocycles. The zero-order chi connectivity index (χ0) is 11.8. The van der Waals surface area contributed by atoms with Crippen LogP contribution in [0.15, 0.2) is 12.1 Å². The standard InChI is InChI=1S/C11H13ClN4S/c1-7-6-16(5-4-13-7)11-8(12)2-3-9-10(11)15-17-14-9/h2-3,7,13H,4-6H2,1H3. The predicted octanol–water partition coefficient (Wildman–Crippen LogP) is 2.14. The van der Waals surface area contributed by atoms with E-state index in [1.54, 1.807) is 0 Å². The SMILES string of the molecule is CC1CN(c2c(Cl)ccc3nsnc23)CCN1. The maximum atomic E-state index is 6.32. The average Bonchev–Trinajstić information content (AvgIpc) is 2.76. The Kier molecular flexibility index (Phi) is 2.90. The fourth-order valence-electron chi connectivity index (χ4n) is 2.25. The van der Waals surface area contributed by atoms with Gasteiger partial charge in [-0.25, -0.2) is 0 Å². The first kappa shape index (κ1) is 11.2. The summed E-state index contributed by atoms with van der Waals surface area (Å²) >= 11 is 7.56. The molecular weight excluding hydrogens is 256 g/mol. The van der Waals surface area contributed by atoms with Crippen molar-refractivity contribution in [1.82, 2.24) is 14.1 Å². The van der Waals surface area contributed by atoms with E-state index < -0.39 is 0 Å². The number of rotatable bonds is 1. The van der Waals surface area contributed by atoms with Crippen LogP contribution >= 0.6 is 23.3 Å². The van der Waals surface area contributed by atoms with Crippen LogP contribution in [0.2, 0.25) is 5.02 Å². The van der Waals surface area contributed by atoms with E-state index in [2.05, 4.69) is 25.9 Å². The van der Waals surface area contributed by atoms with Gasteiger partial charge in [-0.1, -0.05) is 11.6 Å². The molecule has 0 amide bonds. The lowest BCUT2D eigenvalue weighted by Gasteiger charge is -2.34. The fraction of sp³-hybridized carbons (Fsp3) is 0.455. The van der Waals surface area contributed by atoms with Gasteiger partial charge in [-0.05, 0) is 19.1 Å². The van der Waals surface area contributed by atoms with Crippen LogP contribution in [0.5, 0.6) is 0 Å². The Hall–Kier alpha value is -0.910. The highest BCUT2D eigenvalue weighted by Gasteiger charge is 2.21. The predicted molar refractivity (Wildman–Crippen MR) is 72.1 cm³/mol. The maximum absolute atomic E-state index is 6.32. The lowest BCUT2D eigenvalue weighted by Crippen LogP contribution is -2.49. The van der Waals surface area contributed by atoms with E-state index in [9.17, 15) is 0 Å². The topological polar surface area (TPSA) is 41.1 Å². The number of benzene rings is 1. The summed E-state index contributed by atoms with van der Waals surface area (Å²) in [6.07, 6.45) is 0. The molecule has 3 rings (SSSR count). The molecule has 2 aromatic rings. The average molecular weight is 269 g/mol. The largest absolute Gasteiger partial charge is 0.366 e. The number of nitrogens with one attached hydrogen (secondary N) is 1. The lowest BCUT2D eigenvalue weighted by atomic mass is 10.2. The van der Waals surface area contributed by atoms with Crippen molar-refractivity contribution in [1.29, 1.82) is 0 Å². The Bertz CT molecular complexity index is 541. The van der Waals surface area contributed by atoms with E-state index in [0.29, 0.717) is 6.04 Å². The third-order valence-electron chi connectivity index (χ3n) is 3.04. The Morgan fingerprint density at radius 1 is 1.47 bits per heavy atom. The second-order valence-electron chi connectivity index (χ2n) is 4.33. The summed E-state index contributed by atoms with van der Waals surface area (Å²) < 4.78 is 8.63. The third kappa shape index (κ3) is 1.99. The first-order chi connectivity index (χ1) is 8.25. The minimum Gasteiger partial charge on any atom is -0.366 e. The van der Waals surface area contributed by atoms with Crippen molar-refractivity contribution < 1.29 is 0 Å². The van der Waals surface area contributed by atoms with Crippen LogP contribution in [0.25, 0.3) is 11.0 Å². The molecule has 1 aliphatic heterocycles. The zero-order valence-corrected chi connectivity index (χ0v) is 11.1. The smallest absolute Gasteiger partial charge is 0.129 e. The van der Waals surface area contributed by atoms with Crippen LogP contribution in [0, 0.1) is 0 Å². The summed E-state index contributed by atoms with van der Waals surface area (Å²) in [6.45, 7) is 5.07. The van der Waals surface area contributed by atoms with E-state index in [-0.39, 0.29) is 0 Å². The highest BCUT2D eigenvalue weighted by Crippen LogP contribution is 2.33. The second kappa shape index (κ2) is 4.40. The molecule has 0 saturated carbocycles. The van der Waals surface area contributed by atoms with Crippen molar-refractivity contribution in [3.63, 3.8) is 0 Å². The second-order valence-corrected chi connectivity index (χ2v) is 5.26. The molecule has 4 nitrogen and oxygen atoms in total. The number of aromatic nitrogens is 2. The summed E-state index contributed by atoms with van der Waals surface area (Å²) in [4.78, 5) is 2.30. The molecule has 0 bridgehead atoms. The molecule has 0 spiro atoms. The van der Waals surface area contributed by atoms with E-state index in [4.69, 9.17) is 11.6 Å². The molecule has 90 valence electrons. The summed E-state index contributed by atoms with van der Waals surface area (Å²) in [5, 5.41) is 4.19. The number of nitrogens with zero attached hydrogens (tertiary/aromatic N) is 3. The fourth-order valence-corrected chi connectivity index (χ4v) is 3.06. The van der Waals surface area contributed by atoms with Gasteiger partial charge in [-0.2, -0.15) is 8.75 Å². The Morgan fingerprint density at radius 2 is 2.35 bits per heavy atom. The van der Waals surface area contributed by atoms with Crippen LogP contribution in [0.3, 0.4) is 0 Å². The molecule has 2 heterocycles. The number of fused-ring (bicyclic) bond motifs is 1. The molecule has 1 aromatic heterocycles. The highest BCUT2D eigenvalue weighted by atomic mass is 35.5. The van der Waals surface area contributed by atoms with Gasteiger partial charge < -0.3 is 10.2 Å². The van der Waals surface area contributed by atoms with Gasteiger partial charge in [0.2, 0.25) is 0 Å². The number of hydrogen-bond acceptors (Lipinski definition) is 5. The van der Waals surface area contributed by atoms with Gasteiger partial charge in [-0.15, -0.1) is 0 Å². The van der Waals surface area contributed by atoms with Gasteiger partial charge in [-0.3, -0.25) is 0 Å². The van der Waals surface area contributed by atoms with Crippen molar-refractivity contribution >= 4 is 40.0 Å². The first-order valence-electron chi connectivity index (χ1n) is 5.65. The van der Waals surface area contributed by atoms with E-state index in [1.165, 1.54) is 11.7 Å². The molecule has 1 aliphatic rings. The van der Waals surface area contributed by atoms with Crippen LogP contribution in [0.1, 0.15) is 6.92 Å². The van der Waals surface area contributed by atoms with Crippen LogP contribution in [0.4, 0.5) is 5.69 Å². The number of halogens is 1. The quantitative estimate of drug-likeness (QED) is 0.860. The number of hydrogen-bond donors (Lipinski definition) is 1. The van der Waals surface area contributed by atoms with Gasteiger partial charge in [0.25, 0.3) is 0 Å². The van der Waals surface area contributed by atoms with E-state index in [0.717, 1.165) is 41.4 Å². The summed E-state index contributed by atoms with van der Waals surface area (Å²) in [5.74, 6) is 0. The van der Waals surface area contributed by atoms with Crippen molar-refractivity contribution in [2.24, 2.45) is 0 Å². The van der Waals surface area contributed by atoms with E-state index in [1.807, 2.05) is 12.1 Å². The van der Waals surface area contributed by atoms with Crippen molar-refractivity contribution in [2.75, 3.05) is 24.5 Å². The van der Waals surface area contributed by atoms with Gasteiger partial charge in [0.1, 0.15) is 11.0 Å². The van der Waals surface area contributed by atoms with Crippen LogP contribution in [-0.2, 0) is 0 Å². The van der Waals surface area contributed by atoms with Crippen molar-refractivity contribution in [3.8, 4) is 0 Å². The molecule has 1 saturated heterocycles. The zero-order valence-electron chi connectivity index (χ0n) is 9.48. The van der Waals surface area contributed by atoms with Gasteiger partial charge in [0, 0.05) is 25.7 Å². The monoisotopic (exact) mass is 268 g/mol. The molecular formula is C11H13ClN4S. The minimum absolute atomic E-state index is 0.474. The van der Waals surface area contributed by atoms with Crippen molar-refractivity contribution in [3.05, 3.63) is 17.2 Å². The number of anilines is 1. The third-order valence-corrected chi connectivity index (χ3v) is 3.88.